The van der Waals surface area contributed by atoms with Crippen LogP contribution in [-0.4, -0.2) is 16.2 Å². The minimum Gasteiger partial charge on any atom is -0.479 e. The predicted molar refractivity (Wildman–Crippen MR) is 44.0 cm³/mol. The zero-order valence-corrected chi connectivity index (χ0v) is 7.12. The van der Waals surface area contributed by atoms with Crippen molar-refractivity contribution < 1.29 is 19.4 Å². The van der Waals surface area contributed by atoms with E-state index in [2.05, 4.69) is 0 Å². The molecule has 0 unspecified atom stereocenters. The molecular formula is C8H6ClFO3. The highest BCUT2D eigenvalue weighted by Crippen LogP contribution is 2.20. The molecule has 0 aliphatic heterocycles. The van der Waals surface area contributed by atoms with Gasteiger partial charge in [0.2, 0.25) is 0 Å². The van der Waals surface area contributed by atoms with Crippen molar-refractivity contribution in [3.63, 3.8) is 0 Å². The molecule has 0 aromatic heterocycles. The fourth-order valence-electron chi connectivity index (χ4n) is 0.825. The molecule has 2 N–H and O–H groups in total. The summed E-state index contributed by atoms with van der Waals surface area (Å²) in [7, 11) is 0. The Morgan fingerprint density at radius 2 is 2.15 bits per heavy atom. The minimum absolute atomic E-state index is 0.0330. The summed E-state index contributed by atoms with van der Waals surface area (Å²) in [6, 6.07) is 3.34. The molecule has 5 heteroatoms. The Kier molecular flexibility index (Phi) is 2.85. The topological polar surface area (TPSA) is 57.5 Å². The second kappa shape index (κ2) is 3.72. The van der Waals surface area contributed by atoms with Gasteiger partial charge < -0.3 is 10.2 Å². The lowest BCUT2D eigenvalue weighted by atomic mass is 10.1. The maximum absolute atomic E-state index is 12.8. The monoisotopic (exact) mass is 204 g/mol. The molecule has 0 spiro atoms. The Morgan fingerprint density at radius 3 is 2.62 bits per heavy atom. The number of carboxylic acid groups (broad SMARTS) is 1. The molecule has 0 saturated carbocycles. The second-order valence-electron chi connectivity index (χ2n) is 2.41. The summed E-state index contributed by atoms with van der Waals surface area (Å²) in [5, 5.41) is 17.3. The summed E-state index contributed by atoms with van der Waals surface area (Å²) in [4.78, 5) is 10.3. The van der Waals surface area contributed by atoms with Crippen LogP contribution in [0.3, 0.4) is 0 Å². The second-order valence-corrected chi connectivity index (χ2v) is 2.82. The molecule has 70 valence electrons. The highest BCUT2D eigenvalue weighted by Gasteiger charge is 2.16. The number of carboxylic acids is 1. The van der Waals surface area contributed by atoms with Crippen LogP contribution in [0.2, 0.25) is 5.02 Å². The fraction of sp³-hybridized carbons (Fsp3) is 0.125. The highest BCUT2D eigenvalue weighted by molar-refractivity contribution is 6.30. The SMILES string of the molecule is O=C(O)[C@H](O)c1ccc(Cl)c(F)c1. The molecule has 0 heterocycles. The van der Waals surface area contributed by atoms with Crippen LogP contribution >= 0.6 is 11.6 Å². The Morgan fingerprint density at radius 1 is 1.54 bits per heavy atom. The Hall–Kier alpha value is -1.13. The van der Waals surface area contributed by atoms with Gasteiger partial charge in [0.05, 0.1) is 5.02 Å². The number of hydrogen-bond acceptors (Lipinski definition) is 2. The molecule has 1 rings (SSSR count). The van der Waals surface area contributed by atoms with Crippen LogP contribution in [0, 0.1) is 5.82 Å². The number of aliphatic carboxylic acids is 1. The van der Waals surface area contributed by atoms with Crippen LogP contribution in [0.1, 0.15) is 11.7 Å². The molecule has 13 heavy (non-hydrogen) atoms. The number of rotatable bonds is 2. The molecule has 1 aromatic carbocycles. The lowest BCUT2D eigenvalue weighted by Crippen LogP contribution is -2.10. The van der Waals surface area contributed by atoms with Crippen LogP contribution in [0.5, 0.6) is 0 Å². The molecule has 0 amide bonds. The van der Waals surface area contributed by atoms with Crippen LogP contribution in [0.25, 0.3) is 0 Å². The number of aliphatic hydroxyl groups is 1. The third-order valence-corrected chi connectivity index (χ3v) is 1.80. The Labute approximate surface area is 78.4 Å². The van der Waals surface area contributed by atoms with Crippen molar-refractivity contribution in [2.75, 3.05) is 0 Å². The van der Waals surface area contributed by atoms with Gasteiger partial charge in [-0.05, 0) is 17.7 Å². The van der Waals surface area contributed by atoms with Crippen molar-refractivity contribution >= 4 is 17.6 Å². The molecule has 1 atom stereocenters. The van der Waals surface area contributed by atoms with Gasteiger partial charge in [-0.3, -0.25) is 0 Å². The lowest BCUT2D eigenvalue weighted by molar-refractivity contribution is -0.146. The van der Waals surface area contributed by atoms with Gasteiger partial charge in [0.1, 0.15) is 5.82 Å². The van der Waals surface area contributed by atoms with E-state index in [1.165, 1.54) is 12.1 Å². The number of carbonyl (C=O) groups is 1. The smallest absolute Gasteiger partial charge is 0.337 e. The molecule has 0 fully saturated rings. The van der Waals surface area contributed by atoms with E-state index in [1.807, 2.05) is 0 Å². The predicted octanol–water partition coefficient (Wildman–Crippen LogP) is 1.60. The first-order valence-corrected chi connectivity index (χ1v) is 3.76. The van der Waals surface area contributed by atoms with Crippen molar-refractivity contribution in [1.29, 1.82) is 0 Å². The van der Waals surface area contributed by atoms with E-state index in [9.17, 15) is 9.18 Å². The maximum Gasteiger partial charge on any atom is 0.337 e. The van der Waals surface area contributed by atoms with E-state index in [0.29, 0.717) is 0 Å². The molecule has 1 aromatic rings. The van der Waals surface area contributed by atoms with Crippen molar-refractivity contribution in [3.05, 3.63) is 34.6 Å². The summed E-state index contributed by atoms with van der Waals surface area (Å²) >= 11 is 5.36. The van der Waals surface area contributed by atoms with Gasteiger partial charge in [-0.2, -0.15) is 0 Å². The van der Waals surface area contributed by atoms with Crippen LogP contribution in [0.15, 0.2) is 18.2 Å². The van der Waals surface area contributed by atoms with Gasteiger partial charge in [-0.15, -0.1) is 0 Å². The first-order valence-electron chi connectivity index (χ1n) is 3.38. The summed E-state index contributed by atoms with van der Waals surface area (Å²) in [5.41, 5.74) is -0.0330. The molecule has 0 radical (unpaired) electrons. The number of halogens is 2. The van der Waals surface area contributed by atoms with Gasteiger partial charge in [-0.25, -0.2) is 9.18 Å². The Balaban J connectivity index is 3.03. The zero-order chi connectivity index (χ0) is 10.0. The summed E-state index contributed by atoms with van der Waals surface area (Å²) in [6.45, 7) is 0. The largest absolute Gasteiger partial charge is 0.479 e. The number of hydrogen-bond donors (Lipinski definition) is 2. The zero-order valence-electron chi connectivity index (χ0n) is 6.37. The Bertz CT molecular complexity index is 340. The van der Waals surface area contributed by atoms with Gasteiger partial charge in [-0.1, -0.05) is 17.7 Å². The van der Waals surface area contributed by atoms with E-state index in [1.54, 1.807) is 0 Å². The van der Waals surface area contributed by atoms with Crippen molar-refractivity contribution in [1.82, 2.24) is 0 Å². The number of aliphatic hydroxyl groups excluding tert-OH is 1. The normalized spacial score (nSPS) is 12.5. The molecule has 0 bridgehead atoms. The van der Waals surface area contributed by atoms with Crippen molar-refractivity contribution in [3.8, 4) is 0 Å². The molecule has 0 aliphatic carbocycles. The van der Waals surface area contributed by atoms with Crippen LogP contribution in [0.4, 0.5) is 4.39 Å². The maximum atomic E-state index is 12.8. The first-order chi connectivity index (χ1) is 6.02. The standard InChI is InChI=1S/C8H6ClFO3/c9-5-2-1-4(3-6(5)10)7(11)8(12)13/h1-3,7,11H,(H,12,13)/t7-/m1/s1. The van der Waals surface area contributed by atoms with Gasteiger partial charge in [0.15, 0.2) is 6.10 Å². The van der Waals surface area contributed by atoms with Gasteiger partial charge >= 0.3 is 5.97 Å². The lowest BCUT2D eigenvalue weighted by Gasteiger charge is -2.05. The minimum atomic E-state index is -1.72. The van der Waals surface area contributed by atoms with E-state index in [-0.39, 0.29) is 10.6 Å². The first kappa shape index (κ1) is 9.95. The number of benzene rings is 1. The molecule has 0 aliphatic rings. The quantitative estimate of drug-likeness (QED) is 0.769. The highest BCUT2D eigenvalue weighted by atomic mass is 35.5. The van der Waals surface area contributed by atoms with Crippen molar-refractivity contribution in [2.45, 2.75) is 6.10 Å². The van der Waals surface area contributed by atoms with E-state index >= 15 is 0 Å². The molecular weight excluding hydrogens is 199 g/mol. The molecule has 0 saturated heterocycles. The van der Waals surface area contributed by atoms with Crippen molar-refractivity contribution in [2.24, 2.45) is 0 Å². The van der Waals surface area contributed by atoms with E-state index in [4.69, 9.17) is 21.8 Å². The average Bonchev–Trinajstić information content (AvgIpc) is 2.08. The van der Waals surface area contributed by atoms with Gasteiger partial charge in [0.25, 0.3) is 0 Å². The summed E-state index contributed by atoms with van der Waals surface area (Å²) in [5.74, 6) is -2.18. The van der Waals surface area contributed by atoms with E-state index < -0.39 is 17.9 Å². The third-order valence-electron chi connectivity index (χ3n) is 1.49. The van der Waals surface area contributed by atoms with Crippen LogP contribution < -0.4 is 0 Å². The third kappa shape index (κ3) is 2.17. The summed E-state index contributed by atoms with van der Waals surface area (Å²) < 4.78 is 12.8. The fourth-order valence-corrected chi connectivity index (χ4v) is 0.943. The van der Waals surface area contributed by atoms with Crippen LogP contribution in [-0.2, 0) is 4.79 Å². The van der Waals surface area contributed by atoms with E-state index in [0.717, 1.165) is 6.07 Å². The summed E-state index contributed by atoms with van der Waals surface area (Å²) in [6.07, 6.45) is -1.72. The average molecular weight is 205 g/mol. The molecule has 3 nitrogen and oxygen atoms in total. The van der Waals surface area contributed by atoms with Gasteiger partial charge in [0, 0.05) is 0 Å².